The highest BCUT2D eigenvalue weighted by Gasteiger charge is 2.40. The number of carbonyl (C=O) groups excluding carboxylic acids is 1. The second-order valence-electron chi connectivity index (χ2n) is 4.50. The zero-order chi connectivity index (χ0) is 12.4. The molecule has 0 saturated carbocycles. The SMILES string of the molecule is CC(C)(C)S(=O)(=O)N1CCOCC1N=C=O. The minimum Gasteiger partial charge on any atom is -0.376 e. The van der Waals surface area contributed by atoms with Gasteiger partial charge in [0.25, 0.3) is 0 Å². The van der Waals surface area contributed by atoms with Gasteiger partial charge in [0.2, 0.25) is 16.1 Å². The summed E-state index contributed by atoms with van der Waals surface area (Å²) in [4.78, 5) is 13.7. The van der Waals surface area contributed by atoms with E-state index in [4.69, 9.17) is 4.74 Å². The summed E-state index contributed by atoms with van der Waals surface area (Å²) >= 11 is 0. The van der Waals surface area contributed by atoms with Gasteiger partial charge in [-0.2, -0.15) is 9.30 Å². The van der Waals surface area contributed by atoms with E-state index >= 15 is 0 Å². The van der Waals surface area contributed by atoms with Crippen LogP contribution in [0, 0.1) is 0 Å². The number of ether oxygens (including phenoxy) is 1. The number of aliphatic imine (C=N–C) groups is 1. The number of rotatable bonds is 2. The standard InChI is InChI=1S/C9H16N2O4S/c1-9(2,3)16(13,14)11-4-5-15-6-8(11)10-7-12/h8H,4-6H2,1-3H3. The molecule has 6 nitrogen and oxygen atoms in total. The van der Waals surface area contributed by atoms with Gasteiger partial charge in [-0.05, 0) is 20.8 Å². The van der Waals surface area contributed by atoms with Crippen LogP contribution in [-0.2, 0) is 19.6 Å². The first kappa shape index (κ1) is 13.3. The number of sulfonamides is 1. The lowest BCUT2D eigenvalue weighted by Gasteiger charge is -2.35. The van der Waals surface area contributed by atoms with Gasteiger partial charge in [-0.1, -0.05) is 0 Å². The molecule has 1 aliphatic rings. The van der Waals surface area contributed by atoms with E-state index in [-0.39, 0.29) is 13.2 Å². The summed E-state index contributed by atoms with van der Waals surface area (Å²) in [5.41, 5.74) is 0. The number of nitrogens with zero attached hydrogens (tertiary/aromatic N) is 2. The highest BCUT2D eigenvalue weighted by atomic mass is 32.2. The predicted octanol–water partition coefficient (Wildman–Crippen LogP) is 0.109. The summed E-state index contributed by atoms with van der Waals surface area (Å²) in [5, 5.41) is 0. The molecule has 1 aliphatic heterocycles. The van der Waals surface area contributed by atoms with E-state index in [9.17, 15) is 13.2 Å². The van der Waals surface area contributed by atoms with E-state index < -0.39 is 20.9 Å². The Hall–Kier alpha value is -0.750. The van der Waals surface area contributed by atoms with Crippen LogP contribution in [0.15, 0.2) is 4.99 Å². The van der Waals surface area contributed by atoms with Gasteiger partial charge in [-0.25, -0.2) is 13.2 Å². The Morgan fingerprint density at radius 3 is 2.56 bits per heavy atom. The third-order valence-electron chi connectivity index (χ3n) is 2.34. The van der Waals surface area contributed by atoms with E-state index in [1.54, 1.807) is 20.8 Å². The Morgan fingerprint density at radius 1 is 1.44 bits per heavy atom. The molecule has 1 heterocycles. The average molecular weight is 248 g/mol. The third-order valence-corrected chi connectivity index (χ3v) is 4.93. The van der Waals surface area contributed by atoms with Crippen LogP contribution in [0.3, 0.4) is 0 Å². The molecule has 16 heavy (non-hydrogen) atoms. The molecule has 1 unspecified atom stereocenters. The van der Waals surface area contributed by atoms with Gasteiger partial charge in [0.15, 0.2) is 6.17 Å². The number of hydrogen-bond donors (Lipinski definition) is 0. The molecule has 1 atom stereocenters. The number of morpholine rings is 1. The van der Waals surface area contributed by atoms with E-state index in [1.165, 1.54) is 10.4 Å². The van der Waals surface area contributed by atoms with Crippen molar-refractivity contribution in [2.75, 3.05) is 19.8 Å². The predicted molar refractivity (Wildman–Crippen MR) is 58.1 cm³/mol. The molecular formula is C9H16N2O4S. The van der Waals surface area contributed by atoms with Gasteiger partial charge in [0.1, 0.15) is 0 Å². The van der Waals surface area contributed by atoms with Crippen molar-refractivity contribution < 1.29 is 17.9 Å². The molecule has 0 aromatic rings. The average Bonchev–Trinajstić information content (AvgIpc) is 2.17. The van der Waals surface area contributed by atoms with Crippen LogP contribution in [-0.4, -0.2) is 49.5 Å². The first-order valence-electron chi connectivity index (χ1n) is 4.97. The highest BCUT2D eigenvalue weighted by molar-refractivity contribution is 7.90. The molecule has 1 rings (SSSR count). The normalized spacial score (nSPS) is 23.8. The molecule has 92 valence electrons. The maximum Gasteiger partial charge on any atom is 0.236 e. The fraction of sp³-hybridized carbons (Fsp3) is 0.889. The van der Waals surface area contributed by atoms with Crippen molar-refractivity contribution >= 4 is 16.1 Å². The molecule has 1 saturated heterocycles. The van der Waals surface area contributed by atoms with Crippen molar-refractivity contribution in [3.8, 4) is 0 Å². The lowest BCUT2D eigenvalue weighted by atomic mass is 10.3. The van der Waals surface area contributed by atoms with Crippen LogP contribution in [0.2, 0.25) is 0 Å². The maximum atomic E-state index is 12.2. The van der Waals surface area contributed by atoms with Gasteiger partial charge in [0, 0.05) is 6.54 Å². The molecule has 0 aliphatic carbocycles. The zero-order valence-electron chi connectivity index (χ0n) is 9.63. The molecule has 0 aromatic heterocycles. The topological polar surface area (TPSA) is 76.0 Å². The Kier molecular flexibility index (Phi) is 3.85. The number of isocyanates is 1. The van der Waals surface area contributed by atoms with Gasteiger partial charge in [-0.3, -0.25) is 0 Å². The van der Waals surface area contributed by atoms with Crippen LogP contribution < -0.4 is 0 Å². The van der Waals surface area contributed by atoms with Gasteiger partial charge >= 0.3 is 0 Å². The van der Waals surface area contributed by atoms with Crippen molar-refractivity contribution in [1.29, 1.82) is 0 Å². The Balaban J connectivity index is 3.05. The second-order valence-corrected chi connectivity index (χ2v) is 7.15. The lowest BCUT2D eigenvalue weighted by Crippen LogP contribution is -2.52. The monoisotopic (exact) mass is 248 g/mol. The summed E-state index contributed by atoms with van der Waals surface area (Å²) in [7, 11) is -3.49. The molecule has 7 heteroatoms. The van der Waals surface area contributed by atoms with E-state index in [2.05, 4.69) is 4.99 Å². The van der Waals surface area contributed by atoms with Crippen LogP contribution >= 0.6 is 0 Å². The van der Waals surface area contributed by atoms with Gasteiger partial charge in [0.05, 0.1) is 18.0 Å². The van der Waals surface area contributed by atoms with Crippen molar-refractivity contribution in [1.82, 2.24) is 4.31 Å². The lowest BCUT2D eigenvalue weighted by molar-refractivity contribution is 0.0350. The smallest absolute Gasteiger partial charge is 0.236 e. The van der Waals surface area contributed by atoms with Crippen molar-refractivity contribution in [3.63, 3.8) is 0 Å². The molecular weight excluding hydrogens is 232 g/mol. The molecule has 0 spiro atoms. The molecule has 0 bridgehead atoms. The van der Waals surface area contributed by atoms with Crippen LogP contribution in [0.1, 0.15) is 20.8 Å². The quantitative estimate of drug-likeness (QED) is 0.513. The van der Waals surface area contributed by atoms with Crippen LogP contribution in [0.4, 0.5) is 0 Å². The van der Waals surface area contributed by atoms with E-state index in [0.717, 1.165) is 0 Å². The maximum absolute atomic E-state index is 12.2. The van der Waals surface area contributed by atoms with E-state index in [0.29, 0.717) is 6.61 Å². The third kappa shape index (κ3) is 2.49. The Labute approximate surface area is 95.3 Å². The highest BCUT2D eigenvalue weighted by Crippen LogP contribution is 2.24. The number of hydrogen-bond acceptors (Lipinski definition) is 5. The molecule has 0 amide bonds. The fourth-order valence-electron chi connectivity index (χ4n) is 1.37. The van der Waals surface area contributed by atoms with Crippen molar-refractivity contribution in [3.05, 3.63) is 0 Å². The Morgan fingerprint density at radius 2 is 2.06 bits per heavy atom. The van der Waals surface area contributed by atoms with Crippen molar-refractivity contribution in [2.24, 2.45) is 4.99 Å². The molecule has 0 radical (unpaired) electrons. The first-order chi connectivity index (χ1) is 7.30. The summed E-state index contributed by atoms with van der Waals surface area (Å²) in [6, 6.07) is 0. The Bertz CT molecular complexity index is 392. The molecule has 0 aromatic carbocycles. The van der Waals surface area contributed by atoms with Gasteiger partial charge < -0.3 is 4.74 Å². The van der Waals surface area contributed by atoms with Crippen LogP contribution in [0.5, 0.6) is 0 Å². The van der Waals surface area contributed by atoms with Crippen LogP contribution in [0.25, 0.3) is 0 Å². The second kappa shape index (κ2) is 4.63. The summed E-state index contributed by atoms with van der Waals surface area (Å²) < 4.78 is 29.7. The van der Waals surface area contributed by atoms with Gasteiger partial charge in [-0.15, -0.1) is 0 Å². The largest absolute Gasteiger partial charge is 0.376 e. The minimum absolute atomic E-state index is 0.102. The van der Waals surface area contributed by atoms with Crippen molar-refractivity contribution in [2.45, 2.75) is 31.7 Å². The zero-order valence-corrected chi connectivity index (χ0v) is 10.5. The summed E-state index contributed by atoms with van der Waals surface area (Å²) in [6.45, 7) is 5.47. The molecule has 1 fully saturated rings. The summed E-state index contributed by atoms with van der Waals surface area (Å²) in [5.74, 6) is 0. The molecule has 0 N–H and O–H groups in total. The summed E-state index contributed by atoms with van der Waals surface area (Å²) in [6.07, 6.45) is 0.598. The first-order valence-corrected chi connectivity index (χ1v) is 6.41. The fourth-order valence-corrected chi connectivity index (χ4v) is 2.82. The van der Waals surface area contributed by atoms with E-state index in [1.807, 2.05) is 0 Å². The minimum atomic E-state index is -3.49.